The van der Waals surface area contributed by atoms with Crippen molar-refractivity contribution in [1.82, 2.24) is 0 Å². The molecule has 0 N–H and O–H groups in total. The molecule has 0 unspecified atom stereocenters. The van der Waals surface area contributed by atoms with Gasteiger partial charge in [-0.15, -0.1) is 0 Å². The van der Waals surface area contributed by atoms with Crippen molar-refractivity contribution < 1.29 is 9.53 Å². The fraction of sp³-hybridized carbons (Fsp3) is 0.857. The van der Waals surface area contributed by atoms with Gasteiger partial charge in [0.25, 0.3) is 0 Å². The monoisotopic (exact) mass is 534 g/mol. The first-order chi connectivity index (χ1) is 18.0. The molecule has 0 amide bonds. The van der Waals surface area contributed by atoms with Crippen molar-refractivity contribution in [2.75, 3.05) is 6.61 Å². The summed E-state index contributed by atoms with van der Waals surface area (Å²) in [6.45, 7) is 26.3. The van der Waals surface area contributed by atoms with E-state index in [-0.39, 0.29) is 27.9 Å². The summed E-state index contributed by atoms with van der Waals surface area (Å²) < 4.78 is 5.83. The highest BCUT2D eigenvalue weighted by atomic mass is 16.5. The lowest BCUT2D eigenvalue weighted by Crippen LogP contribution is -2.67. The number of allylic oxidation sites excluding steroid dienone is 1. The molecule has 5 fully saturated rings. The van der Waals surface area contributed by atoms with Crippen LogP contribution in [0.2, 0.25) is 0 Å². The number of carbonyl (C=O) groups is 1. The Hall–Kier alpha value is -1.45. The predicted molar refractivity (Wildman–Crippen MR) is 160 cm³/mol. The molecule has 0 spiro atoms. The molecule has 4 nitrogen and oxygen atoms in total. The summed E-state index contributed by atoms with van der Waals surface area (Å²) in [5, 5.41) is 0. The summed E-state index contributed by atoms with van der Waals surface area (Å²) in [6.07, 6.45) is 11.2. The average Bonchev–Trinajstić information content (AvgIpc) is 3.35. The van der Waals surface area contributed by atoms with Crippen LogP contribution in [-0.2, 0) is 9.53 Å². The van der Waals surface area contributed by atoms with Crippen LogP contribution in [0.1, 0.15) is 120 Å². The van der Waals surface area contributed by atoms with E-state index in [1.165, 1.54) is 68.4 Å². The van der Waals surface area contributed by atoms with Crippen LogP contribution < -0.4 is 0 Å². The van der Waals surface area contributed by atoms with Crippen molar-refractivity contribution in [1.29, 1.82) is 0 Å². The van der Waals surface area contributed by atoms with E-state index in [2.05, 4.69) is 62.0 Å². The number of hydrogen-bond donors (Lipinski definition) is 0. The maximum absolute atomic E-state index is 12.0. The van der Waals surface area contributed by atoms with Crippen molar-refractivity contribution in [2.24, 2.45) is 66.6 Å². The van der Waals surface area contributed by atoms with Crippen LogP contribution in [0.15, 0.2) is 22.1 Å². The van der Waals surface area contributed by atoms with Crippen LogP contribution in [0.4, 0.5) is 0 Å². The third-order valence-electron chi connectivity index (χ3n) is 14.2. The van der Waals surface area contributed by atoms with Crippen molar-refractivity contribution in [3.05, 3.63) is 12.2 Å². The van der Waals surface area contributed by atoms with Gasteiger partial charge in [0.15, 0.2) is 0 Å². The Bertz CT molecular complexity index is 1160. The highest BCUT2D eigenvalue weighted by Gasteiger charge is 2.71. The standard InChI is InChI=1S/C35H54N2O2/c1-21(2)23-13-16-35(20-39-22(3)38)18-17-33(9)24(28(23)35)11-12-27-32(8)19-25-29(37-31(6,7)36-25)30(4,5)26(32)14-15-34(27,33)10/h23-24,26-28H,1,11-20H2,2-10H3/t23-,24+,26-,27+,28+,32-,33+,34+,35+/m0/s1. The van der Waals surface area contributed by atoms with Crippen LogP contribution in [0, 0.1) is 56.7 Å². The molecule has 0 aromatic rings. The van der Waals surface area contributed by atoms with Gasteiger partial charge in [0.2, 0.25) is 0 Å². The Kier molecular flexibility index (Phi) is 5.90. The molecular weight excluding hydrogens is 480 g/mol. The second-order valence-electron chi connectivity index (χ2n) is 16.7. The largest absolute Gasteiger partial charge is 0.465 e. The highest BCUT2D eigenvalue weighted by molar-refractivity contribution is 6.46. The van der Waals surface area contributed by atoms with E-state index in [4.69, 9.17) is 14.7 Å². The predicted octanol–water partition coefficient (Wildman–Crippen LogP) is 8.45. The van der Waals surface area contributed by atoms with Crippen molar-refractivity contribution in [3.8, 4) is 0 Å². The number of carbonyl (C=O) groups excluding carboxylic acids is 1. The minimum Gasteiger partial charge on any atom is -0.465 e. The van der Waals surface area contributed by atoms with Gasteiger partial charge < -0.3 is 4.74 Å². The van der Waals surface area contributed by atoms with Gasteiger partial charge in [-0.1, -0.05) is 46.8 Å². The van der Waals surface area contributed by atoms with Crippen molar-refractivity contribution in [2.45, 2.75) is 126 Å². The molecule has 1 heterocycles. The highest BCUT2D eigenvalue weighted by Crippen LogP contribution is 2.77. The quantitative estimate of drug-likeness (QED) is 0.269. The number of ether oxygens (including phenoxy) is 1. The van der Waals surface area contributed by atoms with Crippen LogP contribution in [-0.4, -0.2) is 29.7 Å². The van der Waals surface area contributed by atoms with E-state index in [0.717, 1.165) is 6.42 Å². The number of nitrogens with zero attached hydrogens (tertiary/aromatic N) is 2. The van der Waals surface area contributed by atoms with Gasteiger partial charge in [-0.3, -0.25) is 14.8 Å². The molecule has 1 aliphatic heterocycles. The lowest BCUT2D eigenvalue weighted by atomic mass is 9.32. The van der Waals surface area contributed by atoms with E-state index >= 15 is 0 Å². The first-order valence-electron chi connectivity index (χ1n) is 16.0. The molecule has 9 atom stereocenters. The second-order valence-corrected chi connectivity index (χ2v) is 16.7. The van der Waals surface area contributed by atoms with E-state index in [9.17, 15) is 4.79 Å². The lowest BCUT2D eigenvalue weighted by Gasteiger charge is -2.72. The maximum atomic E-state index is 12.0. The van der Waals surface area contributed by atoms with Gasteiger partial charge in [-0.25, -0.2) is 0 Å². The van der Waals surface area contributed by atoms with E-state index < -0.39 is 0 Å². The summed E-state index contributed by atoms with van der Waals surface area (Å²) in [4.78, 5) is 22.4. The number of esters is 1. The lowest BCUT2D eigenvalue weighted by molar-refractivity contribution is -0.228. The van der Waals surface area contributed by atoms with E-state index in [0.29, 0.717) is 47.0 Å². The Morgan fingerprint density at radius 3 is 2.26 bits per heavy atom. The summed E-state index contributed by atoms with van der Waals surface area (Å²) in [6, 6.07) is 0. The Morgan fingerprint density at radius 1 is 0.872 bits per heavy atom. The minimum absolute atomic E-state index is 0.0704. The number of aliphatic imine (C=N–C) groups is 2. The van der Waals surface area contributed by atoms with Gasteiger partial charge in [-0.05, 0) is 124 Å². The molecule has 0 radical (unpaired) electrons. The van der Waals surface area contributed by atoms with Gasteiger partial charge in [-0.2, -0.15) is 0 Å². The van der Waals surface area contributed by atoms with Crippen LogP contribution >= 0.6 is 0 Å². The summed E-state index contributed by atoms with van der Waals surface area (Å²) in [5.41, 5.74) is 4.69. The molecular formula is C35H54N2O2. The van der Waals surface area contributed by atoms with Crippen LogP contribution in [0.25, 0.3) is 0 Å². The Morgan fingerprint density at radius 2 is 1.59 bits per heavy atom. The first-order valence-corrected chi connectivity index (χ1v) is 16.0. The molecule has 0 saturated heterocycles. The molecule has 5 aliphatic carbocycles. The molecule has 0 aromatic heterocycles. The van der Waals surface area contributed by atoms with Gasteiger partial charge in [0.05, 0.1) is 18.0 Å². The molecule has 5 saturated carbocycles. The molecule has 0 bridgehead atoms. The van der Waals surface area contributed by atoms with Crippen LogP contribution in [0.5, 0.6) is 0 Å². The molecule has 216 valence electrons. The van der Waals surface area contributed by atoms with Gasteiger partial charge >= 0.3 is 5.97 Å². The Balaban J connectivity index is 1.39. The summed E-state index contributed by atoms with van der Waals surface area (Å²) in [7, 11) is 0. The minimum atomic E-state index is -0.312. The molecule has 39 heavy (non-hydrogen) atoms. The number of rotatable bonds is 3. The molecule has 6 aliphatic rings. The SMILES string of the molecule is C=C(C)[C@@H]1CC[C@]2(COC(C)=O)CC[C@]3(C)[C@H](CC[C@@H]4[C@@]5(C)CC6=NC(C)(C)N=C6C(C)(C)[C@@H]5CC[C@]43C)[C@@H]12. The zero-order chi connectivity index (χ0) is 28.4. The normalized spacial score (nSPS) is 48.9. The van der Waals surface area contributed by atoms with Crippen molar-refractivity contribution >= 4 is 17.4 Å². The number of fused-ring (bicyclic) bond motifs is 8. The van der Waals surface area contributed by atoms with Gasteiger partial charge in [0, 0.05) is 17.8 Å². The fourth-order valence-electron chi connectivity index (χ4n) is 12.5. The molecule has 0 aromatic carbocycles. The fourth-order valence-corrected chi connectivity index (χ4v) is 12.5. The van der Waals surface area contributed by atoms with Crippen molar-refractivity contribution in [3.63, 3.8) is 0 Å². The molecule has 4 heteroatoms. The third-order valence-corrected chi connectivity index (χ3v) is 14.2. The first kappa shape index (κ1) is 27.7. The average molecular weight is 535 g/mol. The summed E-state index contributed by atoms with van der Waals surface area (Å²) in [5.74, 6) is 3.03. The van der Waals surface area contributed by atoms with Crippen LogP contribution in [0.3, 0.4) is 0 Å². The summed E-state index contributed by atoms with van der Waals surface area (Å²) >= 11 is 0. The smallest absolute Gasteiger partial charge is 0.302 e. The second kappa shape index (κ2) is 8.31. The third kappa shape index (κ3) is 3.57. The van der Waals surface area contributed by atoms with Gasteiger partial charge in [0.1, 0.15) is 5.66 Å². The maximum Gasteiger partial charge on any atom is 0.302 e. The molecule has 6 rings (SSSR count). The zero-order valence-corrected chi connectivity index (χ0v) is 26.4. The number of hydrogen-bond acceptors (Lipinski definition) is 4. The van der Waals surface area contributed by atoms with E-state index in [1.807, 2.05) is 0 Å². The zero-order valence-electron chi connectivity index (χ0n) is 26.4. The topological polar surface area (TPSA) is 51.0 Å². The Labute approximate surface area is 237 Å². The van der Waals surface area contributed by atoms with E-state index in [1.54, 1.807) is 6.92 Å².